The molecule has 7 atom stereocenters. The number of fused-ring (bicyclic) bond motifs is 1. The quantitative estimate of drug-likeness (QED) is 0.123. The van der Waals surface area contributed by atoms with Gasteiger partial charge in [0.2, 0.25) is 0 Å². The fraction of sp³-hybridized carbons (Fsp3) is 0.920. The minimum Gasteiger partial charge on any atom is -0.430 e. The van der Waals surface area contributed by atoms with Crippen molar-refractivity contribution in [3.63, 3.8) is 0 Å². The van der Waals surface area contributed by atoms with E-state index in [2.05, 4.69) is 57.9 Å². The Bertz CT molecular complexity index is 838. The average Bonchev–Trinajstić information content (AvgIpc) is 3.09. The van der Waals surface area contributed by atoms with Crippen molar-refractivity contribution in [1.82, 2.24) is 0 Å². The molecule has 1 N–H and O–H groups in total. The van der Waals surface area contributed by atoms with E-state index < -0.39 is 8.32 Å². The molecular formula is C25H43Cl2N3O3Si. The first kappa shape index (κ1) is 28.1. The molecule has 3 fully saturated rings. The molecule has 3 rings (SSSR count). The Morgan fingerprint density at radius 2 is 1.85 bits per heavy atom. The Morgan fingerprint density at radius 1 is 1.18 bits per heavy atom. The minimum absolute atomic E-state index is 0.0875. The van der Waals surface area contributed by atoms with Crippen molar-refractivity contribution in [1.29, 1.82) is 0 Å². The number of rotatable bonds is 6. The Labute approximate surface area is 216 Å². The number of hydrogen-bond donors (Lipinski definition) is 1. The summed E-state index contributed by atoms with van der Waals surface area (Å²) in [6.45, 7) is 16.6. The van der Waals surface area contributed by atoms with E-state index in [1.807, 2.05) is 0 Å². The van der Waals surface area contributed by atoms with Gasteiger partial charge in [-0.2, -0.15) is 0 Å². The van der Waals surface area contributed by atoms with Crippen LogP contribution in [-0.2, 0) is 9.26 Å². The molecule has 0 heterocycles. The van der Waals surface area contributed by atoms with Crippen LogP contribution in [0.4, 0.5) is 0 Å². The van der Waals surface area contributed by atoms with Crippen LogP contribution in [0.2, 0.25) is 18.1 Å². The summed E-state index contributed by atoms with van der Waals surface area (Å²) in [5, 5.41) is 14.4. The second kappa shape index (κ2) is 10.1. The summed E-state index contributed by atoms with van der Waals surface area (Å²) in [5.41, 5.74) is 9.94. The van der Waals surface area contributed by atoms with Crippen LogP contribution in [0, 0.1) is 28.6 Å². The van der Waals surface area contributed by atoms with Crippen molar-refractivity contribution >= 4 is 31.5 Å². The highest BCUT2D eigenvalue weighted by atomic mass is 35.5. The maximum absolute atomic E-state index is 10.6. The molecule has 0 aromatic carbocycles. The van der Waals surface area contributed by atoms with Gasteiger partial charge in [0.25, 0.3) is 0 Å². The fourth-order valence-electron chi connectivity index (χ4n) is 6.80. The van der Waals surface area contributed by atoms with Crippen molar-refractivity contribution in [2.45, 2.75) is 110 Å². The number of halogens is 2. The average molecular weight is 533 g/mol. The van der Waals surface area contributed by atoms with Crippen LogP contribution in [-0.4, -0.2) is 32.2 Å². The van der Waals surface area contributed by atoms with Gasteiger partial charge in [-0.15, -0.1) is 0 Å². The monoisotopic (exact) mass is 531 g/mol. The molecule has 6 nitrogen and oxygen atoms in total. The molecule has 0 aromatic rings. The molecule has 0 spiro atoms. The summed E-state index contributed by atoms with van der Waals surface area (Å²) in [6.07, 6.45) is 5.58. The molecule has 34 heavy (non-hydrogen) atoms. The van der Waals surface area contributed by atoms with Crippen LogP contribution in [0.5, 0.6) is 0 Å². The van der Waals surface area contributed by atoms with Crippen LogP contribution >= 0.6 is 23.2 Å². The fourth-order valence-corrected chi connectivity index (χ4v) is 8.47. The van der Waals surface area contributed by atoms with E-state index >= 15 is 0 Å². The molecule has 0 radical (unpaired) electrons. The molecular weight excluding hydrogens is 489 g/mol. The van der Waals surface area contributed by atoms with Crippen molar-refractivity contribution in [3.8, 4) is 0 Å². The molecule has 0 aliphatic heterocycles. The first-order valence-electron chi connectivity index (χ1n) is 12.7. The standard InChI is InChI=1S/C25H43Cl2N3O3Si/c1-23(2,3)34(6,7)32-15-16-14-17(31)10-12-24(16,4)19-11-13-25(5)18(21(19)33-30-29-28)8-9-20(25)22(26)27/h16-19,21,31H,8-15H2,1-7H3/t16-,17+,18?,19?,21+,24+,25+/m1/s1. The van der Waals surface area contributed by atoms with Gasteiger partial charge in [-0.25, -0.2) is 0 Å². The molecule has 3 saturated carbocycles. The number of hydrogen-bond acceptors (Lipinski definition) is 4. The number of azide groups is 1. The molecule has 3 aliphatic carbocycles. The summed E-state index contributed by atoms with van der Waals surface area (Å²) >= 11 is 12.6. The lowest BCUT2D eigenvalue weighted by molar-refractivity contribution is -0.150. The lowest BCUT2D eigenvalue weighted by atomic mass is 9.52. The van der Waals surface area contributed by atoms with Gasteiger partial charge in [0, 0.05) is 23.4 Å². The first-order chi connectivity index (χ1) is 15.7. The van der Waals surface area contributed by atoms with E-state index in [4.69, 9.17) is 38.0 Å². The van der Waals surface area contributed by atoms with Gasteiger partial charge in [-0.1, -0.05) is 57.8 Å². The molecule has 2 unspecified atom stereocenters. The van der Waals surface area contributed by atoms with Crippen LogP contribution in [0.15, 0.2) is 15.3 Å². The first-order valence-corrected chi connectivity index (χ1v) is 16.4. The van der Waals surface area contributed by atoms with Crippen molar-refractivity contribution < 1.29 is 14.4 Å². The Kier molecular flexibility index (Phi) is 8.39. The zero-order chi connectivity index (χ0) is 25.5. The third-order valence-corrected chi connectivity index (χ3v) is 15.2. The number of allylic oxidation sites excluding steroid dienone is 1. The summed E-state index contributed by atoms with van der Waals surface area (Å²) in [6, 6.07) is 0. The van der Waals surface area contributed by atoms with E-state index in [9.17, 15) is 5.11 Å². The topological polar surface area (TPSA) is 87.5 Å². The summed E-state index contributed by atoms with van der Waals surface area (Å²) in [4.78, 5) is 8.88. The van der Waals surface area contributed by atoms with Gasteiger partial charge < -0.3 is 14.4 Å². The Morgan fingerprint density at radius 3 is 2.44 bits per heavy atom. The second-order valence-electron chi connectivity index (χ2n) is 12.9. The highest BCUT2D eigenvalue weighted by molar-refractivity contribution is 6.74. The van der Waals surface area contributed by atoms with Crippen LogP contribution < -0.4 is 0 Å². The SMILES string of the molecule is CC(C)(C)[Si](C)(C)OC[C@H]1C[C@@H](O)CC[C@]1(C)C1CC[C@]2(C)C(=C(Cl)Cl)CCC2[C@@H]1ON=[N+]=[N-]. The largest absolute Gasteiger partial charge is 0.430 e. The van der Waals surface area contributed by atoms with Crippen molar-refractivity contribution in [2.75, 3.05) is 6.61 Å². The zero-order valence-electron chi connectivity index (χ0n) is 21.9. The van der Waals surface area contributed by atoms with Crippen LogP contribution in [0.3, 0.4) is 0 Å². The van der Waals surface area contributed by atoms with Crippen LogP contribution in [0.25, 0.3) is 10.4 Å². The summed E-state index contributed by atoms with van der Waals surface area (Å²) in [5.74, 6) is 0.597. The van der Waals surface area contributed by atoms with E-state index in [0.29, 0.717) is 11.1 Å². The van der Waals surface area contributed by atoms with E-state index in [1.54, 1.807) is 0 Å². The molecule has 0 amide bonds. The van der Waals surface area contributed by atoms with Gasteiger partial charge in [-0.05, 0) is 90.9 Å². The Balaban J connectivity index is 1.93. The molecule has 0 aromatic heterocycles. The van der Waals surface area contributed by atoms with Gasteiger partial charge in [0.1, 0.15) is 15.9 Å². The number of aliphatic hydroxyl groups is 1. The predicted molar refractivity (Wildman–Crippen MR) is 141 cm³/mol. The third kappa shape index (κ3) is 5.17. The Hall–Kier alpha value is -0.433. The van der Waals surface area contributed by atoms with Gasteiger partial charge in [-0.3, -0.25) is 0 Å². The highest BCUT2D eigenvalue weighted by Gasteiger charge is 2.59. The maximum atomic E-state index is 10.6. The van der Waals surface area contributed by atoms with Gasteiger partial charge in [0.05, 0.1) is 6.10 Å². The number of aliphatic hydroxyl groups excluding tert-OH is 1. The van der Waals surface area contributed by atoms with Gasteiger partial charge in [0.15, 0.2) is 8.32 Å². The minimum atomic E-state index is -1.93. The normalized spacial score (nSPS) is 38.8. The summed E-state index contributed by atoms with van der Waals surface area (Å²) in [7, 11) is -1.93. The molecule has 0 saturated heterocycles. The molecule has 3 aliphatic rings. The maximum Gasteiger partial charge on any atom is 0.191 e. The summed E-state index contributed by atoms with van der Waals surface area (Å²) < 4.78 is 7.08. The predicted octanol–water partition coefficient (Wildman–Crippen LogP) is 8.30. The third-order valence-electron chi connectivity index (χ3n) is 10.2. The van der Waals surface area contributed by atoms with E-state index in [-0.39, 0.29) is 45.8 Å². The molecule has 9 heteroatoms. The zero-order valence-corrected chi connectivity index (χ0v) is 24.4. The van der Waals surface area contributed by atoms with E-state index in [1.165, 1.54) is 0 Å². The lowest BCUT2D eigenvalue weighted by Crippen LogP contribution is -2.55. The molecule has 194 valence electrons. The van der Waals surface area contributed by atoms with Crippen molar-refractivity contribution in [3.05, 3.63) is 20.5 Å². The molecule has 0 bridgehead atoms. The van der Waals surface area contributed by atoms with E-state index in [0.717, 1.165) is 50.5 Å². The lowest BCUT2D eigenvalue weighted by Gasteiger charge is -2.56. The number of nitrogens with zero attached hydrogens (tertiary/aromatic N) is 3. The highest BCUT2D eigenvalue weighted by Crippen LogP contribution is 2.63. The van der Waals surface area contributed by atoms with Crippen molar-refractivity contribution in [2.24, 2.45) is 33.9 Å². The van der Waals surface area contributed by atoms with Crippen LogP contribution in [0.1, 0.15) is 79.6 Å². The second-order valence-corrected chi connectivity index (χ2v) is 18.6. The van der Waals surface area contributed by atoms with Gasteiger partial charge >= 0.3 is 0 Å². The smallest absolute Gasteiger partial charge is 0.191 e.